The van der Waals surface area contributed by atoms with Crippen molar-refractivity contribution < 1.29 is 4.79 Å². The molecule has 0 saturated heterocycles. The monoisotopic (exact) mass is 495 g/mol. The predicted molar refractivity (Wildman–Crippen MR) is 147 cm³/mol. The summed E-state index contributed by atoms with van der Waals surface area (Å²) in [4.78, 5) is 24.3. The molecule has 0 spiro atoms. The highest BCUT2D eigenvalue weighted by Gasteiger charge is 2.21. The first-order chi connectivity index (χ1) is 16.9. The minimum absolute atomic E-state index is 0.0858. The lowest BCUT2D eigenvalue weighted by atomic mass is 9.86. The number of para-hydroxylation sites is 1. The van der Waals surface area contributed by atoms with Gasteiger partial charge in [-0.2, -0.15) is 0 Å². The summed E-state index contributed by atoms with van der Waals surface area (Å²) in [5, 5.41) is 7.13. The normalized spacial score (nSPS) is 11.5. The number of hydrogen-bond donors (Lipinski definition) is 1. The highest BCUT2D eigenvalue weighted by Crippen LogP contribution is 2.41. The summed E-state index contributed by atoms with van der Waals surface area (Å²) in [6.07, 6.45) is 1.60. The van der Waals surface area contributed by atoms with Gasteiger partial charge in [0.2, 0.25) is 0 Å². The molecule has 2 aromatic heterocycles. The molecule has 4 nitrogen and oxygen atoms in total. The number of rotatable bonds is 5. The Kier molecular flexibility index (Phi) is 6.41. The van der Waals surface area contributed by atoms with Crippen LogP contribution < -0.4 is 5.32 Å². The van der Waals surface area contributed by atoms with E-state index in [1.165, 1.54) is 11.8 Å². The van der Waals surface area contributed by atoms with Gasteiger partial charge >= 0.3 is 0 Å². The fourth-order valence-electron chi connectivity index (χ4n) is 4.04. The minimum atomic E-state index is -0.135. The average Bonchev–Trinajstić information content (AvgIpc) is 3.30. The first-order valence-corrected chi connectivity index (χ1v) is 13.1. The van der Waals surface area contributed by atoms with Gasteiger partial charge in [0, 0.05) is 21.5 Å². The Balaban J connectivity index is 1.51. The Labute approximate surface area is 213 Å². The van der Waals surface area contributed by atoms with Crippen molar-refractivity contribution in [3.63, 3.8) is 0 Å². The standard InChI is InChI=1S/C29H25N3OS2/c1-29(2,3)22-14-8-9-15-23(22)32-26(33)20-13-7-10-16-24(20)35-28-25-21(19-11-5-4-6-12-19)17-34-27(25)30-18-31-28/h4-18H,1-3H3,(H,32,33). The number of carbonyl (C=O) groups excluding carboxylic acids is 1. The van der Waals surface area contributed by atoms with Crippen LogP contribution in [0.4, 0.5) is 5.69 Å². The van der Waals surface area contributed by atoms with Crippen LogP contribution in [0.1, 0.15) is 36.7 Å². The molecule has 0 aliphatic rings. The molecule has 0 radical (unpaired) electrons. The number of hydrogen-bond acceptors (Lipinski definition) is 5. The second-order valence-electron chi connectivity index (χ2n) is 9.22. The van der Waals surface area contributed by atoms with E-state index in [0.717, 1.165) is 42.5 Å². The molecule has 5 rings (SSSR count). The zero-order valence-electron chi connectivity index (χ0n) is 19.8. The van der Waals surface area contributed by atoms with E-state index >= 15 is 0 Å². The van der Waals surface area contributed by atoms with Crippen molar-refractivity contribution in [3.05, 3.63) is 102 Å². The Morgan fingerprint density at radius 1 is 0.886 bits per heavy atom. The zero-order valence-corrected chi connectivity index (χ0v) is 21.4. The molecule has 0 aliphatic carbocycles. The van der Waals surface area contributed by atoms with Gasteiger partial charge in [-0.1, -0.05) is 93.2 Å². The SMILES string of the molecule is CC(C)(C)c1ccccc1NC(=O)c1ccccc1Sc1ncnc2scc(-c3ccccc3)c12. The Morgan fingerprint density at radius 2 is 1.60 bits per heavy atom. The van der Waals surface area contributed by atoms with Crippen molar-refractivity contribution in [2.75, 3.05) is 5.32 Å². The lowest BCUT2D eigenvalue weighted by Gasteiger charge is -2.23. The van der Waals surface area contributed by atoms with E-state index in [0.29, 0.717) is 5.56 Å². The molecule has 0 fully saturated rings. The third-order valence-corrected chi connectivity index (χ3v) is 7.71. The number of aromatic nitrogens is 2. The maximum absolute atomic E-state index is 13.5. The molecule has 0 bridgehead atoms. The summed E-state index contributed by atoms with van der Waals surface area (Å²) in [6.45, 7) is 6.44. The van der Waals surface area contributed by atoms with Crippen LogP contribution in [0.25, 0.3) is 21.3 Å². The summed E-state index contributed by atoms with van der Waals surface area (Å²) >= 11 is 3.11. The van der Waals surface area contributed by atoms with Crippen LogP contribution in [0.2, 0.25) is 0 Å². The number of nitrogens with zero attached hydrogens (tertiary/aromatic N) is 2. The number of fused-ring (bicyclic) bond motifs is 1. The lowest BCUT2D eigenvalue weighted by Crippen LogP contribution is -2.19. The molecule has 0 atom stereocenters. The van der Waals surface area contributed by atoms with E-state index in [9.17, 15) is 4.79 Å². The van der Waals surface area contributed by atoms with Crippen molar-refractivity contribution in [1.82, 2.24) is 9.97 Å². The van der Waals surface area contributed by atoms with Gasteiger partial charge in [-0.25, -0.2) is 9.97 Å². The average molecular weight is 496 g/mol. The Hall–Kier alpha value is -3.48. The molecular formula is C29H25N3OS2. The number of amides is 1. The number of benzene rings is 3. The van der Waals surface area contributed by atoms with E-state index in [4.69, 9.17) is 0 Å². The van der Waals surface area contributed by atoms with Gasteiger partial charge in [-0.15, -0.1) is 11.3 Å². The van der Waals surface area contributed by atoms with Gasteiger partial charge in [-0.05, 0) is 34.7 Å². The Bertz CT molecular complexity index is 1500. The first kappa shape index (κ1) is 23.3. The van der Waals surface area contributed by atoms with E-state index in [1.54, 1.807) is 17.7 Å². The summed E-state index contributed by atoms with van der Waals surface area (Å²) in [6, 6.07) is 25.9. The molecule has 3 aromatic carbocycles. The fourth-order valence-corrected chi connectivity index (χ4v) is 6.05. The minimum Gasteiger partial charge on any atom is -0.322 e. The highest BCUT2D eigenvalue weighted by molar-refractivity contribution is 7.99. The second-order valence-corrected chi connectivity index (χ2v) is 11.1. The van der Waals surface area contributed by atoms with Crippen LogP contribution in [0, 0.1) is 0 Å². The third kappa shape index (κ3) is 4.85. The van der Waals surface area contributed by atoms with Crippen molar-refractivity contribution >= 4 is 44.9 Å². The molecule has 0 unspecified atom stereocenters. The number of nitrogens with one attached hydrogen (secondary N) is 1. The number of anilines is 1. The van der Waals surface area contributed by atoms with Gasteiger partial charge in [0.1, 0.15) is 16.2 Å². The third-order valence-electron chi connectivity index (χ3n) is 5.74. The molecule has 2 heterocycles. The van der Waals surface area contributed by atoms with Crippen molar-refractivity contribution in [2.45, 2.75) is 36.1 Å². The van der Waals surface area contributed by atoms with Crippen LogP contribution in [-0.2, 0) is 5.41 Å². The summed E-state index contributed by atoms with van der Waals surface area (Å²) in [5.41, 5.74) is 4.69. The molecule has 174 valence electrons. The van der Waals surface area contributed by atoms with Gasteiger partial charge in [-0.3, -0.25) is 4.79 Å². The first-order valence-electron chi connectivity index (χ1n) is 11.4. The van der Waals surface area contributed by atoms with E-state index in [1.807, 2.05) is 60.7 Å². The maximum atomic E-state index is 13.5. The largest absolute Gasteiger partial charge is 0.322 e. The van der Waals surface area contributed by atoms with Crippen LogP contribution in [0.3, 0.4) is 0 Å². The molecule has 0 aliphatic heterocycles. The van der Waals surface area contributed by atoms with Gasteiger partial charge in [0.15, 0.2) is 0 Å². The molecule has 6 heteroatoms. The van der Waals surface area contributed by atoms with Crippen molar-refractivity contribution in [3.8, 4) is 11.1 Å². The summed E-state index contributed by atoms with van der Waals surface area (Å²) in [7, 11) is 0. The van der Waals surface area contributed by atoms with Crippen LogP contribution in [0.5, 0.6) is 0 Å². The Morgan fingerprint density at radius 3 is 2.40 bits per heavy atom. The molecular weight excluding hydrogens is 470 g/mol. The zero-order chi connectivity index (χ0) is 24.4. The molecule has 35 heavy (non-hydrogen) atoms. The lowest BCUT2D eigenvalue weighted by molar-refractivity contribution is 0.102. The van der Waals surface area contributed by atoms with Gasteiger partial charge < -0.3 is 5.32 Å². The molecule has 1 amide bonds. The number of thiophene rings is 1. The highest BCUT2D eigenvalue weighted by atomic mass is 32.2. The van der Waals surface area contributed by atoms with Crippen LogP contribution in [-0.4, -0.2) is 15.9 Å². The smallest absolute Gasteiger partial charge is 0.256 e. The number of carbonyl (C=O) groups is 1. The van der Waals surface area contributed by atoms with Crippen molar-refractivity contribution in [2.24, 2.45) is 0 Å². The van der Waals surface area contributed by atoms with E-state index in [2.05, 4.69) is 59.6 Å². The maximum Gasteiger partial charge on any atom is 0.256 e. The van der Waals surface area contributed by atoms with Gasteiger partial charge in [0.05, 0.1) is 10.9 Å². The van der Waals surface area contributed by atoms with Crippen LogP contribution >= 0.6 is 23.1 Å². The second kappa shape index (κ2) is 9.64. The molecule has 5 aromatic rings. The quantitative estimate of drug-likeness (QED) is 0.251. The summed E-state index contributed by atoms with van der Waals surface area (Å²) in [5.74, 6) is -0.135. The van der Waals surface area contributed by atoms with Crippen molar-refractivity contribution in [1.29, 1.82) is 0 Å². The van der Waals surface area contributed by atoms with E-state index in [-0.39, 0.29) is 11.3 Å². The van der Waals surface area contributed by atoms with E-state index < -0.39 is 0 Å². The molecule has 0 saturated carbocycles. The predicted octanol–water partition coefficient (Wildman–Crippen LogP) is 8.06. The van der Waals surface area contributed by atoms with Gasteiger partial charge in [0.25, 0.3) is 5.91 Å². The van der Waals surface area contributed by atoms with Crippen LogP contribution in [0.15, 0.2) is 100 Å². The molecule has 1 N–H and O–H groups in total. The topological polar surface area (TPSA) is 54.9 Å². The summed E-state index contributed by atoms with van der Waals surface area (Å²) < 4.78 is 0. The fraction of sp³-hybridized carbons (Fsp3) is 0.138.